The molecule has 28 heavy (non-hydrogen) atoms. The van der Waals surface area contributed by atoms with Crippen LogP contribution in [0.2, 0.25) is 0 Å². The van der Waals surface area contributed by atoms with Crippen molar-refractivity contribution in [1.82, 2.24) is 10.3 Å². The van der Waals surface area contributed by atoms with E-state index in [0.29, 0.717) is 48.2 Å². The Balaban J connectivity index is 1.80. The Morgan fingerprint density at radius 2 is 2.11 bits per heavy atom. The van der Waals surface area contributed by atoms with Crippen molar-refractivity contribution in [3.8, 4) is 0 Å². The van der Waals surface area contributed by atoms with Crippen molar-refractivity contribution in [1.29, 1.82) is 0 Å². The molecule has 1 aromatic carbocycles. The van der Waals surface area contributed by atoms with Crippen LogP contribution in [0.1, 0.15) is 30.5 Å². The van der Waals surface area contributed by atoms with Gasteiger partial charge in [0, 0.05) is 36.4 Å². The summed E-state index contributed by atoms with van der Waals surface area (Å²) in [5.41, 5.74) is 0.140. The van der Waals surface area contributed by atoms with Crippen LogP contribution in [0.3, 0.4) is 0 Å². The van der Waals surface area contributed by atoms with E-state index < -0.39 is 23.3 Å². The van der Waals surface area contributed by atoms with E-state index >= 15 is 0 Å². The van der Waals surface area contributed by atoms with Crippen molar-refractivity contribution >= 4 is 22.5 Å². The average molecular weight is 393 g/mol. The number of aliphatic hydroxyl groups excluding tert-OH is 1. The van der Waals surface area contributed by atoms with E-state index in [4.69, 9.17) is 0 Å². The SMILES string of the molecule is Cc1cc(N2CC[C@@H](O)[C@@]3(CCCNC3=O)C2)c2cc(C(F)(F)F)ccc2n1. The number of carbonyl (C=O) groups is 1. The first-order valence-electron chi connectivity index (χ1n) is 9.41. The number of benzene rings is 1. The predicted octanol–water partition coefficient (Wildman–Crippen LogP) is 3.03. The molecule has 0 saturated carbocycles. The lowest BCUT2D eigenvalue weighted by atomic mass is 9.71. The summed E-state index contributed by atoms with van der Waals surface area (Å²) in [7, 11) is 0. The van der Waals surface area contributed by atoms with Crippen molar-refractivity contribution in [3.63, 3.8) is 0 Å². The number of rotatable bonds is 1. The number of nitrogens with zero attached hydrogens (tertiary/aromatic N) is 2. The molecular formula is C20H22F3N3O2. The number of hydrogen-bond donors (Lipinski definition) is 2. The summed E-state index contributed by atoms with van der Waals surface area (Å²) >= 11 is 0. The van der Waals surface area contributed by atoms with Crippen LogP contribution in [0, 0.1) is 12.3 Å². The minimum Gasteiger partial charge on any atom is -0.392 e. The summed E-state index contributed by atoms with van der Waals surface area (Å²) in [5, 5.41) is 13.8. The molecule has 2 aliphatic rings. The van der Waals surface area contributed by atoms with Gasteiger partial charge in [-0.1, -0.05) is 0 Å². The number of piperidine rings is 2. The summed E-state index contributed by atoms with van der Waals surface area (Å²) in [5.74, 6) is -0.179. The monoisotopic (exact) mass is 393 g/mol. The first-order valence-corrected chi connectivity index (χ1v) is 9.41. The van der Waals surface area contributed by atoms with E-state index in [1.807, 2.05) is 4.90 Å². The molecule has 1 spiro atoms. The topological polar surface area (TPSA) is 65.5 Å². The van der Waals surface area contributed by atoms with Crippen LogP contribution in [-0.4, -0.2) is 41.7 Å². The maximum atomic E-state index is 13.2. The van der Waals surface area contributed by atoms with Gasteiger partial charge in [-0.25, -0.2) is 0 Å². The third-order valence-corrected chi connectivity index (χ3v) is 5.90. The van der Waals surface area contributed by atoms with Crippen molar-refractivity contribution in [3.05, 3.63) is 35.5 Å². The molecule has 5 nitrogen and oxygen atoms in total. The zero-order chi connectivity index (χ0) is 20.1. The van der Waals surface area contributed by atoms with E-state index in [9.17, 15) is 23.1 Å². The number of aromatic nitrogens is 1. The number of pyridine rings is 1. The maximum Gasteiger partial charge on any atom is 0.416 e. The molecule has 0 radical (unpaired) electrons. The van der Waals surface area contributed by atoms with Gasteiger partial charge in [-0.15, -0.1) is 0 Å². The molecule has 1 amide bonds. The normalized spacial score (nSPS) is 26.0. The van der Waals surface area contributed by atoms with Crippen LogP contribution >= 0.6 is 0 Å². The molecule has 3 heterocycles. The molecule has 2 aliphatic heterocycles. The summed E-state index contributed by atoms with van der Waals surface area (Å²) in [6.07, 6.45) is -3.49. The molecule has 0 aliphatic carbocycles. The van der Waals surface area contributed by atoms with Gasteiger partial charge in [0.05, 0.1) is 22.6 Å². The van der Waals surface area contributed by atoms with Crippen molar-refractivity contribution in [2.75, 3.05) is 24.5 Å². The van der Waals surface area contributed by atoms with Gasteiger partial charge in [0.2, 0.25) is 5.91 Å². The summed E-state index contributed by atoms with van der Waals surface area (Å²) in [6, 6.07) is 5.30. The number of carbonyl (C=O) groups excluding carboxylic acids is 1. The lowest BCUT2D eigenvalue weighted by Crippen LogP contribution is -2.61. The molecule has 150 valence electrons. The number of anilines is 1. The Morgan fingerprint density at radius 1 is 1.32 bits per heavy atom. The lowest BCUT2D eigenvalue weighted by Gasteiger charge is -2.47. The van der Waals surface area contributed by atoms with E-state index in [1.54, 1.807) is 13.0 Å². The average Bonchev–Trinajstić information content (AvgIpc) is 2.64. The second-order valence-corrected chi connectivity index (χ2v) is 7.75. The van der Waals surface area contributed by atoms with Gasteiger partial charge < -0.3 is 15.3 Å². The number of amides is 1. The third-order valence-electron chi connectivity index (χ3n) is 5.90. The quantitative estimate of drug-likeness (QED) is 0.782. The zero-order valence-corrected chi connectivity index (χ0v) is 15.5. The molecule has 2 N–H and O–H groups in total. The highest BCUT2D eigenvalue weighted by atomic mass is 19.4. The molecule has 4 rings (SSSR count). The lowest BCUT2D eigenvalue weighted by molar-refractivity contribution is -0.142. The fourth-order valence-corrected chi connectivity index (χ4v) is 4.42. The highest BCUT2D eigenvalue weighted by Crippen LogP contribution is 2.41. The fourth-order valence-electron chi connectivity index (χ4n) is 4.42. The van der Waals surface area contributed by atoms with Crippen molar-refractivity contribution in [2.45, 2.75) is 38.5 Å². The third kappa shape index (κ3) is 3.09. The molecular weight excluding hydrogens is 371 g/mol. The number of hydrogen-bond acceptors (Lipinski definition) is 4. The Labute approximate surface area is 160 Å². The molecule has 0 unspecified atom stereocenters. The van der Waals surface area contributed by atoms with Gasteiger partial charge in [0.25, 0.3) is 0 Å². The van der Waals surface area contributed by atoms with Gasteiger partial charge in [0.15, 0.2) is 0 Å². The predicted molar refractivity (Wildman–Crippen MR) is 99.0 cm³/mol. The van der Waals surface area contributed by atoms with Crippen LogP contribution in [0.5, 0.6) is 0 Å². The Morgan fingerprint density at radius 3 is 2.82 bits per heavy atom. The molecule has 0 bridgehead atoms. The molecule has 2 atom stereocenters. The second kappa shape index (κ2) is 6.62. The number of fused-ring (bicyclic) bond motifs is 1. The zero-order valence-electron chi connectivity index (χ0n) is 15.5. The van der Waals surface area contributed by atoms with Crippen LogP contribution in [-0.2, 0) is 11.0 Å². The van der Waals surface area contributed by atoms with Gasteiger partial charge in [0.1, 0.15) is 0 Å². The summed E-state index contributed by atoms with van der Waals surface area (Å²) < 4.78 is 39.7. The number of halogens is 3. The molecule has 2 aromatic rings. The minimum atomic E-state index is -4.45. The second-order valence-electron chi connectivity index (χ2n) is 7.75. The summed E-state index contributed by atoms with van der Waals surface area (Å²) in [6.45, 7) is 3.11. The van der Waals surface area contributed by atoms with Crippen LogP contribution in [0.15, 0.2) is 24.3 Å². The van der Waals surface area contributed by atoms with Gasteiger partial charge in [-0.2, -0.15) is 13.2 Å². The first-order chi connectivity index (χ1) is 13.2. The first kappa shape index (κ1) is 19.0. The minimum absolute atomic E-state index is 0.179. The highest BCUT2D eigenvalue weighted by Gasteiger charge is 2.50. The largest absolute Gasteiger partial charge is 0.416 e. The van der Waals surface area contributed by atoms with Crippen LogP contribution < -0.4 is 10.2 Å². The van der Waals surface area contributed by atoms with Gasteiger partial charge >= 0.3 is 6.18 Å². The molecule has 1 aromatic heterocycles. The van der Waals surface area contributed by atoms with Crippen LogP contribution in [0.25, 0.3) is 10.9 Å². The molecule has 2 fully saturated rings. The fraction of sp³-hybridized carbons (Fsp3) is 0.500. The Kier molecular flexibility index (Phi) is 4.49. The molecule has 8 heteroatoms. The Bertz CT molecular complexity index is 931. The van der Waals surface area contributed by atoms with E-state index in [-0.39, 0.29) is 12.5 Å². The van der Waals surface area contributed by atoms with Gasteiger partial charge in [-0.3, -0.25) is 9.78 Å². The van der Waals surface area contributed by atoms with E-state index in [0.717, 1.165) is 18.6 Å². The van der Waals surface area contributed by atoms with Crippen molar-refractivity contribution in [2.24, 2.45) is 5.41 Å². The van der Waals surface area contributed by atoms with Crippen LogP contribution in [0.4, 0.5) is 18.9 Å². The van der Waals surface area contributed by atoms with Crippen molar-refractivity contribution < 1.29 is 23.1 Å². The summed E-state index contributed by atoms with van der Waals surface area (Å²) in [4.78, 5) is 18.9. The number of aliphatic hydroxyl groups is 1. The Hall–Kier alpha value is -2.35. The van der Waals surface area contributed by atoms with E-state index in [1.165, 1.54) is 6.07 Å². The van der Waals surface area contributed by atoms with Gasteiger partial charge in [-0.05, 0) is 50.5 Å². The number of alkyl halides is 3. The number of nitrogens with one attached hydrogen (secondary N) is 1. The highest BCUT2D eigenvalue weighted by molar-refractivity contribution is 5.93. The van der Waals surface area contributed by atoms with E-state index in [2.05, 4.69) is 10.3 Å². The standard InChI is InChI=1S/C20H22F3N3O2/c1-12-9-16(14-10-13(20(21,22)23)3-4-15(14)25-12)26-8-5-17(27)19(11-26)6-2-7-24-18(19)28/h3-4,9-10,17,27H,2,5-8,11H2,1H3,(H,24,28)/t17-,19-/m1/s1. The smallest absolute Gasteiger partial charge is 0.392 e. The maximum absolute atomic E-state index is 13.2. The molecule has 2 saturated heterocycles. The number of aryl methyl sites for hydroxylation is 1.